The summed E-state index contributed by atoms with van der Waals surface area (Å²) in [6.45, 7) is 3.41. The van der Waals surface area contributed by atoms with Crippen molar-refractivity contribution in [2.75, 3.05) is 31.2 Å². The average Bonchev–Trinajstić information content (AvgIpc) is 3.17. The second-order valence-corrected chi connectivity index (χ2v) is 6.22. The van der Waals surface area contributed by atoms with Gasteiger partial charge in [-0.25, -0.2) is 0 Å². The largest absolute Gasteiger partial charge is 0.378 e. The molecule has 0 spiro atoms. The molecule has 0 N–H and O–H groups in total. The number of aromatic nitrogens is 2. The van der Waals surface area contributed by atoms with Gasteiger partial charge in [-0.1, -0.05) is 0 Å². The van der Waals surface area contributed by atoms with E-state index in [1.807, 2.05) is 6.20 Å². The molecule has 0 bridgehead atoms. The maximum absolute atomic E-state index is 5.40. The van der Waals surface area contributed by atoms with Gasteiger partial charge in [0, 0.05) is 24.8 Å². The fourth-order valence-corrected chi connectivity index (χ4v) is 3.91. The number of fused-ring (bicyclic) bond motifs is 1. The van der Waals surface area contributed by atoms with E-state index in [0.29, 0.717) is 0 Å². The summed E-state index contributed by atoms with van der Waals surface area (Å²) in [6, 6.07) is 4.24. The van der Waals surface area contributed by atoms with Crippen molar-refractivity contribution in [1.29, 1.82) is 0 Å². The highest BCUT2D eigenvalue weighted by Gasteiger charge is 2.18. The molecule has 6 heteroatoms. The van der Waals surface area contributed by atoms with E-state index in [1.165, 1.54) is 22.1 Å². The third-order valence-corrected chi connectivity index (χ3v) is 5.05. The second kappa shape index (κ2) is 5.12. The maximum atomic E-state index is 5.40. The molecule has 1 saturated heterocycles. The lowest BCUT2D eigenvalue weighted by Gasteiger charge is -2.26. The van der Waals surface area contributed by atoms with Gasteiger partial charge in [0.2, 0.25) is 0 Å². The number of anilines is 1. The van der Waals surface area contributed by atoms with Crippen molar-refractivity contribution in [2.24, 2.45) is 0 Å². The van der Waals surface area contributed by atoms with E-state index in [4.69, 9.17) is 4.74 Å². The van der Waals surface area contributed by atoms with Crippen LogP contribution < -0.4 is 4.90 Å². The van der Waals surface area contributed by atoms with Crippen LogP contribution in [-0.4, -0.2) is 35.7 Å². The molecule has 0 aliphatic carbocycles. The molecular formula is C14H13N3OS2. The number of rotatable bonds is 2. The molecular weight excluding hydrogens is 290 g/mol. The number of morpholine rings is 1. The molecule has 4 rings (SSSR count). The Morgan fingerprint density at radius 2 is 2.10 bits per heavy atom. The Morgan fingerprint density at radius 1 is 1.20 bits per heavy atom. The van der Waals surface area contributed by atoms with Crippen LogP contribution in [0.25, 0.3) is 22.2 Å². The highest BCUT2D eigenvalue weighted by molar-refractivity contribution is 7.11. The van der Waals surface area contributed by atoms with Gasteiger partial charge in [-0.15, -0.1) is 0 Å². The first-order valence-corrected chi connectivity index (χ1v) is 8.24. The van der Waals surface area contributed by atoms with Gasteiger partial charge in [0.15, 0.2) is 0 Å². The Bertz CT molecular complexity index is 717. The smallest absolute Gasteiger partial charge is 0.138 e. The van der Waals surface area contributed by atoms with Crippen molar-refractivity contribution in [2.45, 2.75) is 0 Å². The van der Waals surface area contributed by atoms with Gasteiger partial charge < -0.3 is 9.64 Å². The average molecular weight is 303 g/mol. The summed E-state index contributed by atoms with van der Waals surface area (Å²) in [5, 5.41) is 5.39. The van der Waals surface area contributed by atoms with Crippen LogP contribution >= 0.6 is 22.9 Å². The molecule has 102 valence electrons. The van der Waals surface area contributed by atoms with Gasteiger partial charge in [0.25, 0.3) is 0 Å². The van der Waals surface area contributed by atoms with E-state index in [0.717, 1.165) is 42.9 Å². The number of nitrogens with zero attached hydrogens (tertiary/aromatic N) is 3. The molecule has 0 aromatic carbocycles. The molecule has 0 saturated carbocycles. The van der Waals surface area contributed by atoms with E-state index in [1.54, 1.807) is 11.3 Å². The van der Waals surface area contributed by atoms with Crippen LogP contribution in [0.15, 0.2) is 29.1 Å². The van der Waals surface area contributed by atoms with Gasteiger partial charge in [-0.05, 0) is 40.0 Å². The molecule has 20 heavy (non-hydrogen) atoms. The Morgan fingerprint density at radius 3 is 2.90 bits per heavy atom. The van der Waals surface area contributed by atoms with Crippen molar-refractivity contribution in [3.8, 4) is 11.1 Å². The Hall–Kier alpha value is -1.50. The lowest BCUT2D eigenvalue weighted by atomic mass is 10.1. The van der Waals surface area contributed by atoms with E-state index < -0.39 is 0 Å². The zero-order valence-electron chi connectivity index (χ0n) is 10.8. The number of hydrogen-bond donors (Lipinski definition) is 0. The Labute approximate surface area is 124 Å². The molecule has 1 aliphatic rings. The molecule has 4 heterocycles. The quantitative estimate of drug-likeness (QED) is 0.728. The number of pyridine rings is 1. The van der Waals surface area contributed by atoms with Crippen LogP contribution in [0, 0.1) is 0 Å². The topological polar surface area (TPSA) is 38.2 Å². The summed E-state index contributed by atoms with van der Waals surface area (Å²) in [4.78, 5) is 6.96. The van der Waals surface area contributed by atoms with E-state index in [9.17, 15) is 0 Å². The van der Waals surface area contributed by atoms with Gasteiger partial charge in [0.1, 0.15) is 16.0 Å². The molecule has 0 unspecified atom stereocenters. The summed E-state index contributed by atoms with van der Waals surface area (Å²) < 4.78 is 9.97. The molecule has 1 fully saturated rings. The van der Waals surface area contributed by atoms with Crippen LogP contribution in [0.3, 0.4) is 0 Å². The standard InChI is InChI=1S/C14H13N3OS2/c1-6-19-9-10(1)11-7-12-13(15-8-11)14(20-16-12)17-2-4-18-5-3-17/h1,6-9H,2-5H2. The first kappa shape index (κ1) is 12.3. The third-order valence-electron chi connectivity index (χ3n) is 3.45. The molecule has 4 nitrogen and oxygen atoms in total. The SMILES string of the molecule is c1cc(-c2cnc3c(N4CCOCC4)snc3c2)cs1. The van der Waals surface area contributed by atoms with Gasteiger partial charge in [-0.2, -0.15) is 15.7 Å². The van der Waals surface area contributed by atoms with Crippen LogP contribution in [0.4, 0.5) is 5.00 Å². The van der Waals surface area contributed by atoms with Crippen molar-refractivity contribution < 1.29 is 4.74 Å². The summed E-state index contributed by atoms with van der Waals surface area (Å²) >= 11 is 3.24. The first-order valence-electron chi connectivity index (χ1n) is 6.52. The van der Waals surface area contributed by atoms with Crippen molar-refractivity contribution >= 4 is 38.9 Å². The van der Waals surface area contributed by atoms with E-state index >= 15 is 0 Å². The zero-order chi connectivity index (χ0) is 13.4. The molecule has 0 atom stereocenters. The molecule has 0 amide bonds. The fourth-order valence-electron chi connectivity index (χ4n) is 2.38. The summed E-state index contributed by atoms with van der Waals surface area (Å²) in [7, 11) is 0. The van der Waals surface area contributed by atoms with Crippen molar-refractivity contribution in [1.82, 2.24) is 9.36 Å². The lowest BCUT2D eigenvalue weighted by molar-refractivity contribution is 0.123. The minimum absolute atomic E-state index is 0.784. The van der Waals surface area contributed by atoms with Crippen LogP contribution in [-0.2, 0) is 4.74 Å². The predicted octanol–water partition coefficient (Wildman–Crippen LogP) is 3.26. The second-order valence-electron chi connectivity index (χ2n) is 4.69. The van der Waals surface area contributed by atoms with Crippen molar-refractivity contribution in [3.63, 3.8) is 0 Å². The van der Waals surface area contributed by atoms with E-state index in [2.05, 4.69) is 37.2 Å². The third kappa shape index (κ3) is 2.09. The van der Waals surface area contributed by atoms with Crippen molar-refractivity contribution in [3.05, 3.63) is 29.1 Å². The molecule has 1 aliphatic heterocycles. The normalized spacial score (nSPS) is 15.9. The van der Waals surface area contributed by atoms with Crippen LogP contribution in [0.1, 0.15) is 0 Å². The maximum Gasteiger partial charge on any atom is 0.138 e. The lowest BCUT2D eigenvalue weighted by Crippen LogP contribution is -2.35. The summed E-state index contributed by atoms with van der Waals surface area (Å²) in [5.41, 5.74) is 4.35. The fraction of sp³-hybridized carbons (Fsp3) is 0.286. The van der Waals surface area contributed by atoms with Crippen LogP contribution in [0.2, 0.25) is 0 Å². The summed E-state index contributed by atoms with van der Waals surface area (Å²) in [5.74, 6) is 0. The number of thiophene rings is 1. The minimum atomic E-state index is 0.784. The number of hydrogen-bond acceptors (Lipinski definition) is 6. The molecule has 3 aromatic rings. The van der Waals surface area contributed by atoms with Crippen LogP contribution in [0.5, 0.6) is 0 Å². The highest BCUT2D eigenvalue weighted by atomic mass is 32.1. The highest BCUT2D eigenvalue weighted by Crippen LogP contribution is 2.32. The van der Waals surface area contributed by atoms with E-state index in [-0.39, 0.29) is 0 Å². The first-order chi connectivity index (χ1) is 9.92. The minimum Gasteiger partial charge on any atom is -0.378 e. The van der Waals surface area contributed by atoms with Gasteiger partial charge >= 0.3 is 0 Å². The Balaban J connectivity index is 1.74. The predicted molar refractivity (Wildman–Crippen MR) is 83.8 cm³/mol. The molecule has 3 aromatic heterocycles. The zero-order valence-corrected chi connectivity index (χ0v) is 12.4. The summed E-state index contributed by atoms with van der Waals surface area (Å²) in [6.07, 6.45) is 1.95. The van der Waals surface area contributed by atoms with Gasteiger partial charge in [-0.3, -0.25) is 4.98 Å². The monoisotopic (exact) mass is 303 g/mol. The molecule has 0 radical (unpaired) electrons. The van der Waals surface area contributed by atoms with Gasteiger partial charge in [0.05, 0.1) is 13.2 Å². The number of ether oxygens (including phenoxy) is 1. The Kier molecular flexibility index (Phi) is 3.14.